The second kappa shape index (κ2) is 6.89. The van der Waals surface area contributed by atoms with Crippen LogP contribution in [0.1, 0.15) is 39.1 Å². The predicted molar refractivity (Wildman–Crippen MR) is 82.7 cm³/mol. The Morgan fingerprint density at radius 2 is 2.05 bits per heavy atom. The Morgan fingerprint density at radius 1 is 1.45 bits per heavy atom. The number of rotatable bonds is 6. The molecule has 0 spiro atoms. The lowest BCUT2D eigenvalue weighted by Crippen LogP contribution is -2.51. The van der Waals surface area contributed by atoms with Gasteiger partial charge >= 0.3 is 0 Å². The van der Waals surface area contributed by atoms with E-state index in [4.69, 9.17) is 22.2 Å². The second-order valence-electron chi connectivity index (χ2n) is 6.16. The average Bonchev–Trinajstić information content (AvgIpc) is 2.64. The minimum atomic E-state index is -0.0288. The van der Waals surface area contributed by atoms with E-state index in [1.807, 2.05) is 11.6 Å². The molecular formula is C14H27ClN4O. The fraction of sp³-hybridized carbons (Fsp3) is 0.786. The van der Waals surface area contributed by atoms with E-state index in [-0.39, 0.29) is 17.6 Å². The Balaban J connectivity index is 3.05. The number of nitrogens with one attached hydrogen (secondary N) is 1. The summed E-state index contributed by atoms with van der Waals surface area (Å²) in [5.74, 6) is 5.74. The Labute approximate surface area is 126 Å². The van der Waals surface area contributed by atoms with E-state index in [0.717, 1.165) is 23.0 Å². The van der Waals surface area contributed by atoms with Gasteiger partial charge < -0.3 is 4.74 Å². The van der Waals surface area contributed by atoms with Crippen LogP contribution in [0.4, 0.5) is 0 Å². The molecule has 0 saturated carbocycles. The molecule has 0 fully saturated rings. The highest BCUT2D eigenvalue weighted by molar-refractivity contribution is 6.31. The van der Waals surface area contributed by atoms with Crippen molar-refractivity contribution in [2.24, 2.45) is 11.3 Å². The maximum atomic E-state index is 6.36. The zero-order valence-electron chi connectivity index (χ0n) is 13.3. The number of hydrazine groups is 1. The summed E-state index contributed by atoms with van der Waals surface area (Å²) in [6, 6.07) is -0.0288. The topological polar surface area (TPSA) is 65.1 Å². The number of aryl methyl sites for hydroxylation is 2. The van der Waals surface area contributed by atoms with Crippen molar-refractivity contribution in [3.63, 3.8) is 0 Å². The number of ether oxygens (including phenoxy) is 1. The fourth-order valence-electron chi connectivity index (χ4n) is 2.65. The number of nitrogens with zero attached hydrogens (tertiary/aromatic N) is 2. The molecule has 1 aromatic heterocycles. The van der Waals surface area contributed by atoms with Crippen LogP contribution in [0.2, 0.25) is 5.02 Å². The van der Waals surface area contributed by atoms with E-state index in [1.54, 1.807) is 7.11 Å². The molecule has 0 radical (unpaired) electrons. The van der Waals surface area contributed by atoms with Crippen molar-refractivity contribution in [2.45, 2.75) is 59.7 Å². The van der Waals surface area contributed by atoms with Crippen LogP contribution in [0, 0.1) is 12.3 Å². The van der Waals surface area contributed by atoms with Crippen molar-refractivity contribution in [3.8, 4) is 0 Å². The molecule has 1 heterocycles. The van der Waals surface area contributed by atoms with E-state index < -0.39 is 0 Å². The molecule has 3 N–H and O–H groups in total. The van der Waals surface area contributed by atoms with Gasteiger partial charge in [-0.15, -0.1) is 0 Å². The van der Waals surface area contributed by atoms with Crippen molar-refractivity contribution in [3.05, 3.63) is 16.4 Å². The van der Waals surface area contributed by atoms with Gasteiger partial charge in [-0.1, -0.05) is 32.4 Å². The third kappa shape index (κ3) is 3.73. The molecule has 20 heavy (non-hydrogen) atoms. The smallest absolute Gasteiger partial charge is 0.0847 e. The first kappa shape index (κ1) is 17.4. The van der Waals surface area contributed by atoms with Crippen molar-refractivity contribution >= 4 is 11.6 Å². The van der Waals surface area contributed by atoms with Gasteiger partial charge in [-0.05, 0) is 19.3 Å². The molecule has 2 atom stereocenters. The van der Waals surface area contributed by atoms with Gasteiger partial charge in [0.2, 0.25) is 0 Å². The van der Waals surface area contributed by atoms with Gasteiger partial charge in [-0.2, -0.15) is 5.10 Å². The van der Waals surface area contributed by atoms with Gasteiger partial charge in [0, 0.05) is 20.1 Å². The van der Waals surface area contributed by atoms with Crippen LogP contribution in [0.25, 0.3) is 0 Å². The van der Waals surface area contributed by atoms with Crippen LogP contribution >= 0.6 is 11.6 Å². The summed E-state index contributed by atoms with van der Waals surface area (Å²) < 4.78 is 7.57. The second-order valence-corrected chi connectivity index (χ2v) is 6.54. The third-order valence-corrected chi connectivity index (χ3v) is 4.04. The minimum Gasteiger partial charge on any atom is -0.379 e. The van der Waals surface area contributed by atoms with Crippen molar-refractivity contribution in [2.75, 3.05) is 7.11 Å². The van der Waals surface area contributed by atoms with Crippen LogP contribution in [-0.2, 0) is 17.7 Å². The first-order valence-corrected chi connectivity index (χ1v) is 7.34. The standard InChI is InChI=1S/C14H27ClN4O/c1-7-19-11(12(15)9(2)18-19)8-10(17-16)13(20-6)14(3,4)5/h10,13,17H,7-8,16H2,1-6H3. The zero-order valence-corrected chi connectivity index (χ0v) is 14.1. The van der Waals surface area contributed by atoms with Gasteiger partial charge in [-0.3, -0.25) is 16.0 Å². The molecule has 0 saturated heterocycles. The third-order valence-electron chi connectivity index (χ3n) is 3.55. The highest BCUT2D eigenvalue weighted by Crippen LogP contribution is 2.28. The van der Waals surface area contributed by atoms with Crippen LogP contribution in [0.3, 0.4) is 0 Å². The summed E-state index contributed by atoms with van der Waals surface area (Å²) in [5, 5.41) is 5.16. The molecule has 0 bridgehead atoms. The average molecular weight is 303 g/mol. The molecule has 1 rings (SSSR count). The number of hydrogen-bond acceptors (Lipinski definition) is 4. The van der Waals surface area contributed by atoms with Crippen molar-refractivity contribution in [1.29, 1.82) is 0 Å². The number of nitrogens with two attached hydrogens (primary N) is 1. The number of methoxy groups -OCH3 is 1. The van der Waals surface area contributed by atoms with E-state index in [9.17, 15) is 0 Å². The fourth-order valence-corrected chi connectivity index (χ4v) is 2.86. The molecule has 0 aliphatic rings. The molecular weight excluding hydrogens is 276 g/mol. The van der Waals surface area contributed by atoms with Gasteiger partial charge in [0.1, 0.15) is 0 Å². The minimum absolute atomic E-state index is 0.0234. The molecule has 6 heteroatoms. The SMILES string of the molecule is CCn1nc(C)c(Cl)c1CC(NN)C(OC)C(C)(C)C. The lowest BCUT2D eigenvalue weighted by molar-refractivity contribution is -0.0114. The van der Waals surface area contributed by atoms with Gasteiger partial charge in [0.25, 0.3) is 0 Å². The summed E-state index contributed by atoms with van der Waals surface area (Å²) in [5.41, 5.74) is 4.70. The lowest BCUT2D eigenvalue weighted by Gasteiger charge is -2.35. The lowest BCUT2D eigenvalue weighted by atomic mass is 9.83. The van der Waals surface area contributed by atoms with E-state index in [1.165, 1.54) is 0 Å². The van der Waals surface area contributed by atoms with Crippen molar-refractivity contribution < 1.29 is 4.74 Å². The first-order chi connectivity index (χ1) is 9.26. The molecule has 116 valence electrons. The van der Waals surface area contributed by atoms with Crippen LogP contribution < -0.4 is 11.3 Å². The largest absolute Gasteiger partial charge is 0.379 e. The zero-order chi connectivity index (χ0) is 15.5. The van der Waals surface area contributed by atoms with E-state index in [0.29, 0.717) is 6.42 Å². The molecule has 1 aromatic rings. The van der Waals surface area contributed by atoms with Gasteiger partial charge in [0.05, 0.1) is 28.6 Å². The van der Waals surface area contributed by atoms with Gasteiger partial charge in [-0.25, -0.2) is 0 Å². The maximum Gasteiger partial charge on any atom is 0.0847 e. The molecule has 0 aliphatic carbocycles. The summed E-state index contributed by atoms with van der Waals surface area (Å²) in [4.78, 5) is 0. The monoisotopic (exact) mass is 302 g/mol. The number of halogens is 1. The molecule has 2 unspecified atom stereocenters. The highest BCUT2D eigenvalue weighted by Gasteiger charge is 2.33. The summed E-state index contributed by atoms with van der Waals surface area (Å²) in [6.45, 7) is 11.2. The normalized spacial score (nSPS) is 15.4. The van der Waals surface area contributed by atoms with Crippen molar-refractivity contribution in [1.82, 2.24) is 15.2 Å². The quantitative estimate of drug-likeness (QED) is 0.625. The molecule has 0 aliphatic heterocycles. The summed E-state index contributed by atoms with van der Waals surface area (Å²) >= 11 is 6.36. The predicted octanol–water partition coefficient (Wildman–Crippen LogP) is 2.30. The molecule has 5 nitrogen and oxygen atoms in total. The Morgan fingerprint density at radius 3 is 2.45 bits per heavy atom. The molecule has 0 aromatic carbocycles. The Bertz CT molecular complexity index is 439. The Kier molecular flexibility index (Phi) is 6.01. The Hall–Kier alpha value is -0.620. The first-order valence-electron chi connectivity index (χ1n) is 6.96. The molecule has 0 amide bonds. The van der Waals surface area contributed by atoms with Gasteiger partial charge in [0.15, 0.2) is 0 Å². The summed E-state index contributed by atoms with van der Waals surface area (Å²) in [7, 11) is 1.71. The van der Waals surface area contributed by atoms with E-state index in [2.05, 4.69) is 38.2 Å². The highest BCUT2D eigenvalue weighted by atomic mass is 35.5. The summed E-state index contributed by atoms with van der Waals surface area (Å²) in [6.07, 6.45) is 0.656. The maximum absolute atomic E-state index is 6.36. The van der Waals surface area contributed by atoms with Crippen LogP contribution in [0.15, 0.2) is 0 Å². The van der Waals surface area contributed by atoms with E-state index >= 15 is 0 Å². The van der Waals surface area contributed by atoms with Crippen LogP contribution in [-0.4, -0.2) is 29.0 Å². The number of aromatic nitrogens is 2. The number of hydrogen-bond donors (Lipinski definition) is 2. The van der Waals surface area contributed by atoms with Crippen LogP contribution in [0.5, 0.6) is 0 Å².